The number of rotatable bonds is 3. The number of anilines is 2. The summed E-state index contributed by atoms with van der Waals surface area (Å²) < 4.78 is 10.7. The maximum absolute atomic E-state index is 5.36. The van der Waals surface area contributed by atoms with Crippen molar-refractivity contribution in [1.82, 2.24) is 0 Å². The average molecular weight is 284 g/mol. The summed E-state index contributed by atoms with van der Waals surface area (Å²) >= 11 is 0. The molecule has 0 unspecified atom stereocenters. The molecule has 0 atom stereocenters. The Morgan fingerprint density at radius 2 is 1.38 bits per heavy atom. The maximum Gasteiger partial charge on any atom is 0.162 e. The lowest BCUT2D eigenvalue weighted by Gasteiger charge is -2.14. The van der Waals surface area contributed by atoms with E-state index >= 15 is 0 Å². The summed E-state index contributed by atoms with van der Waals surface area (Å²) in [4.78, 5) is 0. The van der Waals surface area contributed by atoms with E-state index in [0.717, 1.165) is 36.0 Å². The predicted molar refractivity (Wildman–Crippen MR) is 85.7 cm³/mol. The summed E-state index contributed by atoms with van der Waals surface area (Å²) in [7, 11) is 3.31. The van der Waals surface area contributed by atoms with Gasteiger partial charge in [-0.05, 0) is 5.56 Å². The van der Waals surface area contributed by atoms with Gasteiger partial charge in [0.25, 0.3) is 0 Å². The molecular formula is C17H20N2O2. The smallest absolute Gasteiger partial charge is 0.162 e. The summed E-state index contributed by atoms with van der Waals surface area (Å²) in [5, 5.41) is 7.00. The summed E-state index contributed by atoms with van der Waals surface area (Å²) in [5.74, 6) is 1.91. The number of hydrogen-bond acceptors (Lipinski definition) is 4. The maximum atomic E-state index is 5.36. The van der Waals surface area contributed by atoms with Crippen molar-refractivity contribution in [1.29, 1.82) is 0 Å². The number of fused-ring (bicyclic) bond motifs is 1. The molecule has 4 heteroatoms. The van der Waals surface area contributed by atoms with Crippen LogP contribution in [0.4, 0.5) is 11.4 Å². The Hall–Kier alpha value is -2.36. The topological polar surface area (TPSA) is 42.5 Å². The fourth-order valence-electron chi connectivity index (χ4n) is 2.67. The second-order valence-electron chi connectivity index (χ2n) is 5.12. The standard InChI is InChI=1S/C17H20N2O2/c1-20-16-8-14-15(9-17(16)21-2)19-11-13(10-18-14)12-6-4-3-5-7-12/h3-9,13,18-19H,10-11H2,1-2H3. The van der Waals surface area contributed by atoms with Crippen molar-refractivity contribution < 1.29 is 9.47 Å². The van der Waals surface area contributed by atoms with Gasteiger partial charge in [-0.2, -0.15) is 0 Å². The van der Waals surface area contributed by atoms with Crippen molar-refractivity contribution in [2.75, 3.05) is 37.9 Å². The van der Waals surface area contributed by atoms with E-state index in [1.165, 1.54) is 5.56 Å². The lowest BCUT2D eigenvalue weighted by Crippen LogP contribution is -2.16. The van der Waals surface area contributed by atoms with Gasteiger partial charge in [-0.25, -0.2) is 0 Å². The molecule has 0 amide bonds. The van der Waals surface area contributed by atoms with Gasteiger partial charge in [0.2, 0.25) is 0 Å². The zero-order chi connectivity index (χ0) is 14.7. The van der Waals surface area contributed by atoms with Crippen LogP contribution in [-0.4, -0.2) is 27.3 Å². The highest BCUT2D eigenvalue weighted by atomic mass is 16.5. The molecular weight excluding hydrogens is 264 g/mol. The Kier molecular flexibility index (Phi) is 3.86. The first-order chi connectivity index (χ1) is 10.3. The fourth-order valence-corrected chi connectivity index (χ4v) is 2.67. The molecule has 2 aromatic carbocycles. The monoisotopic (exact) mass is 284 g/mol. The molecule has 0 bridgehead atoms. The molecule has 4 nitrogen and oxygen atoms in total. The van der Waals surface area contributed by atoms with Crippen LogP contribution >= 0.6 is 0 Å². The van der Waals surface area contributed by atoms with Crippen LogP contribution in [0, 0.1) is 0 Å². The van der Waals surface area contributed by atoms with E-state index in [1.54, 1.807) is 14.2 Å². The molecule has 0 radical (unpaired) electrons. The number of nitrogens with one attached hydrogen (secondary N) is 2. The van der Waals surface area contributed by atoms with Crippen molar-refractivity contribution in [3.63, 3.8) is 0 Å². The third-order valence-corrected chi connectivity index (χ3v) is 3.87. The number of benzene rings is 2. The van der Waals surface area contributed by atoms with E-state index in [9.17, 15) is 0 Å². The Morgan fingerprint density at radius 1 is 0.857 bits per heavy atom. The molecule has 0 saturated heterocycles. The quantitative estimate of drug-likeness (QED) is 0.907. The molecule has 2 N–H and O–H groups in total. The van der Waals surface area contributed by atoms with Crippen LogP contribution in [0.25, 0.3) is 0 Å². The van der Waals surface area contributed by atoms with E-state index in [4.69, 9.17) is 9.47 Å². The Morgan fingerprint density at radius 3 is 1.86 bits per heavy atom. The molecule has 21 heavy (non-hydrogen) atoms. The molecule has 0 spiro atoms. The van der Waals surface area contributed by atoms with Gasteiger partial charge in [0.1, 0.15) is 0 Å². The minimum absolute atomic E-state index is 0.426. The average Bonchev–Trinajstić information content (AvgIpc) is 2.76. The molecule has 3 rings (SSSR count). The summed E-state index contributed by atoms with van der Waals surface area (Å²) in [6, 6.07) is 14.5. The van der Waals surface area contributed by atoms with E-state index in [2.05, 4.69) is 34.9 Å². The third kappa shape index (κ3) is 2.75. The van der Waals surface area contributed by atoms with Crippen molar-refractivity contribution in [2.45, 2.75) is 5.92 Å². The normalized spacial score (nSPS) is 14.4. The Labute approximate surface area is 125 Å². The third-order valence-electron chi connectivity index (χ3n) is 3.87. The highest BCUT2D eigenvalue weighted by Gasteiger charge is 2.19. The number of methoxy groups -OCH3 is 2. The van der Waals surface area contributed by atoms with Crippen molar-refractivity contribution in [3.05, 3.63) is 48.0 Å². The lowest BCUT2D eigenvalue weighted by atomic mass is 9.99. The Balaban J connectivity index is 1.86. The van der Waals surface area contributed by atoms with Crippen LogP contribution in [0.3, 0.4) is 0 Å². The summed E-state index contributed by atoms with van der Waals surface area (Å²) in [6.07, 6.45) is 0. The first-order valence-corrected chi connectivity index (χ1v) is 7.10. The van der Waals surface area contributed by atoms with Crippen LogP contribution in [0.15, 0.2) is 42.5 Å². The Bertz CT molecular complexity index is 579. The SMILES string of the molecule is COc1cc2c(cc1OC)NCC(c1ccccc1)CN2. The van der Waals surface area contributed by atoms with Gasteiger partial charge in [-0.1, -0.05) is 30.3 Å². The summed E-state index contributed by atoms with van der Waals surface area (Å²) in [6.45, 7) is 1.78. The van der Waals surface area contributed by atoms with Gasteiger partial charge in [0.05, 0.1) is 25.6 Å². The fraction of sp³-hybridized carbons (Fsp3) is 0.294. The van der Waals surface area contributed by atoms with Crippen LogP contribution in [0.1, 0.15) is 11.5 Å². The minimum Gasteiger partial charge on any atom is -0.493 e. The number of hydrogen-bond donors (Lipinski definition) is 2. The van der Waals surface area contributed by atoms with E-state index in [0.29, 0.717) is 5.92 Å². The number of ether oxygens (including phenoxy) is 2. The second-order valence-corrected chi connectivity index (χ2v) is 5.12. The summed E-state index contributed by atoms with van der Waals surface area (Å²) in [5.41, 5.74) is 3.43. The van der Waals surface area contributed by atoms with Crippen LogP contribution in [0.5, 0.6) is 11.5 Å². The van der Waals surface area contributed by atoms with Gasteiger partial charge in [-0.3, -0.25) is 0 Å². The highest BCUT2D eigenvalue weighted by Crippen LogP contribution is 2.38. The highest BCUT2D eigenvalue weighted by molar-refractivity contribution is 5.75. The molecule has 0 fully saturated rings. The van der Waals surface area contributed by atoms with Crippen molar-refractivity contribution in [3.8, 4) is 11.5 Å². The lowest BCUT2D eigenvalue weighted by molar-refractivity contribution is 0.355. The molecule has 1 heterocycles. The first kappa shape index (κ1) is 13.6. The predicted octanol–water partition coefficient (Wildman–Crippen LogP) is 3.33. The van der Waals surface area contributed by atoms with Crippen LogP contribution in [0.2, 0.25) is 0 Å². The largest absolute Gasteiger partial charge is 0.493 e. The van der Waals surface area contributed by atoms with E-state index in [-0.39, 0.29) is 0 Å². The zero-order valence-corrected chi connectivity index (χ0v) is 12.3. The molecule has 2 aromatic rings. The van der Waals surface area contributed by atoms with Gasteiger partial charge in [0.15, 0.2) is 11.5 Å². The first-order valence-electron chi connectivity index (χ1n) is 7.10. The van der Waals surface area contributed by atoms with Gasteiger partial charge in [0, 0.05) is 31.1 Å². The van der Waals surface area contributed by atoms with Gasteiger partial charge < -0.3 is 20.1 Å². The molecule has 0 aliphatic carbocycles. The molecule has 1 aliphatic heterocycles. The van der Waals surface area contributed by atoms with Crippen LogP contribution in [-0.2, 0) is 0 Å². The van der Waals surface area contributed by atoms with Crippen molar-refractivity contribution >= 4 is 11.4 Å². The van der Waals surface area contributed by atoms with Crippen molar-refractivity contribution in [2.24, 2.45) is 0 Å². The minimum atomic E-state index is 0.426. The van der Waals surface area contributed by atoms with Gasteiger partial charge >= 0.3 is 0 Å². The zero-order valence-electron chi connectivity index (χ0n) is 12.3. The second kappa shape index (κ2) is 5.95. The molecule has 110 valence electrons. The van der Waals surface area contributed by atoms with E-state index < -0.39 is 0 Å². The molecule has 1 aliphatic rings. The van der Waals surface area contributed by atoms with Crippen LogP contribution < -0.4 is 20.1 Å². The van der Waals surface area contributed by atoms with Gasteiger partial charge in [-0.15, -0.1) is 0 Å². The molecule has 0 aromatic heterocycles. The molecule has 0 saturated carbocycles. The van der Waals surface area contributed by atoms with E-state index in [1.807, 2.05) is 18.2 Å².